The number of para-hydroxylation sites is 3. The fraction of sp³-hybridized carbons (Fsp3) is 0.0500. The van der Waals surface area contributed by atoms with E-state index in [2.05, 4.69) is 199 Å². The van der Waals surface area contributed by atoms with Crippen LogP contribution in [0.2, 0.25) is 0 Å². The van der Waals surface area contributed by atoms with E-state index in [-0.39, 0.29) is 5.41 Å². The van der Waals surface area contributed by atoms with Crippen LogP contribution in [0.4, 0.5) is 0 Å². The van der Waals surface area contributed by atoms with E-state index in [0.29, 0.717) is 17.6 Å². The van der Waals surface area contributed by atoms with Gasteiger partial charge in [0.25, 0.3) is 0 Å². The van der Waals surface area contributed by atoms with E-state index in [0.717, 1.165) is 93.5 Å². The van der Waals surface area contributed by atoms with E-state index in [4.69, 9.17) is 19.4 Å². The maximum absolute atomic E-state index is 6.93. The summed E-state index contributed by atoms with van der Waals surface area (Å²) >= 11 is 0. The van der Waals surface area contributed by atoms with Crippen LogP contribution in [0.15, 0.2) is 205 Å². The van der Waals surface area contributed by atoms with Crippen molar-refractivity contribution < 1.29 is 4.42 Å². The second kappa shape index (κ2) is 13.7. The van der Waals surface area contributed by atoms with Crippen molar-refractivity contribution in [1.82, 2.24) is 24.1 Å². The van der Waals surface area contributed by atoms with Crippen molar-refractivity contribution in [1.29, 1.82) is 0 Å². The Morgan fingerprint density at radius 3 is 1.74 bits per heavy atom. The van der Waals surface area contributed by atoms with Gasteiger partial charge in [0.2, 0.25) is 5.95 Å². The molecule has 0 saturated heterocycles. The Kier molecular flexibility index (Phi) is 7.64. The number of hydrogen-bond acceptors (Lipinski definition) is 4. The molecule has 6 nitrogen and oxygen atoms in total. The maximum Gasteiger partial charge on any atom is 0.238 e. The Morgan fingerprint density at radius 2 is 0.985 bits per heavy atom. The number of benzene rings is 9. The quantitative estimate of drug-likeness (QED) is 0.173. The second-order valence-electron chi connectivity index (χ2n) is 17.9. The molecule has 0 spiro atoms. The number of rotatable bonds is 5. The monoisotopic (exact) mass is 845 g/mol. The summed E-state index contributed by atoms with van der Waals surface area (Å²) in [5.41, 5.74) is 15.6. The summed E-state index contributed by atoms with van der Waals surface area (Å²) in [4.78, 5) is 16.4. The predicted molar refractivity (Wildman–Crippen MR) is 270 cm³/mol. The zero-order valence-corrected chi connectivity index (χ0v) is 36.2. The third-order valence-electron chi connectivity index (χ3n) is 14.0. The first-order valence-electron chi connectivity index (χ1n) is 22.5. The number of hydrogen-bond donors (Lipinski definition) is 0. The average Bonchev–Trinajstić information content (AvgIpc) is 4.09. The highest BCUT2D eigenvalue weighted by atomic mass is 16.3. The van der Waals surface area contributed by atoms with Gasteiger partial charge in [0.15, 0.2) is 17.2 Å². The lowest BCUT2D eigenvalue weighted by Gasteiger charge is -2.24. The molecule has 9 aromatic carbocycles. The molecular formula is C60H39N5O. The molecule has 4 aromatic heterocycles. The van der Waals surface area contributed by atoms with Crippen molar-refractivity contribution in [3.8, 4) is 56.7 Å². The van der Waals surface area contributed by atoms with E-state index in [1.165, 1.54) is 22.3 Å². The Hall–Kier alpha value is -8.61. The topological polar surface area (TPSA) is 61.7 Å². The van der Waals surface area contributed by atoms with Gasteiger partial charge >= 0.3 is 0 Å². The summed E-state index contributed by atoms with van der Waals surface area (Å²) in [6.07, 6.45) is 0. The number of fused-ring (bicyclic) bond motifs is 13. The Morgan fingerprint density at radius 1 is 0.409 bits per heavy atom. The van der Waals surface area contributed by atoms with Crippen LogP contribution in [0.1, 0.15) is 25.0 Å². The zero-order chi connectivity index (χ0) is 43.7. The summed E-state index contributed by atoms with van der Waals surface area (Å²) < 4.78 is 11.6. The van der Waals surface area contributed by atoms with Gasteiger partial charge in [0.05, 0.1) is 27.8 Å². The molecule has 0 bridgehead atoms. The fourth-order valence-corrected chi connectivity index (χ4v) is 11.1. The van der Waals surface area contributed by atoms with Crippen molar-refractivity contribution in [3.63, 3.8) is 0 Å². The van der Waals surface area contributed by atoms with Gasteiger partial charge in [-0.05, 0) is 63.7 Å². The van der Waals surface area contributed by atoms with Crippen LogP contribution in [-0.2, 0) is 5.41 Å². The molecule has 0 amide bonds. The molecule has 310 valence electrons. The molecule has 1 aliphatic rings. The van der Waals surface area contributed by atoms with E-state index in [9.17, 15) is 0 Å². The third kappa shape index (κ3) is 5.15. The standard InChI is InChI=1S/C60H39N5O/c1-60(2)48-28-13-9-22-39(48)43-26-17-27-46(53(43)60)58-61-57(37-20-7-4-8-21-37)62-59(63-58)65-50-30-15-11-24-41(50)45-33-32-44-40-23-10-14-29-49(40)64(54(44)55(45)65)51-35-38(36-18-5-3-6-19-36)34-47-42-25-12-16-31-52(42)66-56(47)51/h3-35H,1-2H3. The van der Waals surface area contributed by atoms with Crippen molar-refractivity contribution in [3.05, 3.63) is 211 Å². The SMILES string of the molecule is CC1(C)c2ccccc2-c2cccc(-c3nc(-c4ccccc4)nc(-n4c5ccccc5c5ccc6c7ccccc7n(-c7cc(-c8ccccc8)cc8c7oc7ccccc78)c6c54)n3)c21. The minimum absolute atomic E-state index is 0.279. The summed E-state index contributed by atoms with van der Waals surface area (Å²) in [7, 11) is 0. The van der Waals surface area contributed by atoms with Crippen molar-refractivity contribution in [2.75, 3.05) is 0 Å². The average molecular weight is 846 g/mol. The zero-order valence-electron chi connectivity index (χ0n) is 36.2. The van der Waals surface area contributed by atoms with Crippen LogP contribution < -0.4 is 0 Å². The van der Waals surface area contributed by atoms with Crippen LogP contribution in [0.25, 0.3) is 122 Å². The van der Waals surface area contributed by atoms with E-state index in [1.807, 2.05) is 24.3 Å². The molecule has 0 atom stereocenters. The second-order valence-corrected chi connectivity index (χ2v) is 17.9. The first-order valence-corrected chi connectivity index (χ1v) is 22.5. The lowest BCUT2D eigenvalue weighted by molar-refractivity contribution is 0.661. The molecule has 0 fully saturated rings. The van der Waals surface area contributed by atoms with Crippen LogP contribution >= 0.6 is 0 Å². The molecule has 0 N–H and O–H groups in total. The normalized spacial score (nSPS) is 13.1. The first kappa shape index (κ1) is 36.8. The van der Waals surface area contributed by atoms with Crippen LogP contribution in [-0.4, -0.2) is 24.1 Å². The van der Waals surface area contributed by atoms with Gasteiger partial charge in [-0.1, -0.05) is 184 Å². The van der Waals surface area contributed by atoms with E-state index in [1.54, 1.807) is 0 Å². The summed E-state index contributed by atoms with van der Waals surface area (Å²) in [6.45, 7) is 4.63. The first-order chi connectivity index (χ1) is 32.5. The molecule has 0 aliphatic heterocycles. The lowest BCUT2D eigenvalue weighted by Crippen LogP contribution is -2.17. The molecular weight excluding hydrogens is 807 g/mol. The minimum atomic E-state index is -0.279. The van der Waals surface area contributed by atoms with Crippen LogP contribution in [0, 0.1) is 0 Å². The maximum atomic E-state index is 6.93. The summed E-state index contributed by atoms with van der Waals surface area (Å²) in [5.74, 6) is 1.79. The van der Waals surface area contributed by atoms with Gasteiger partial charge in [-0.25, -0.2) is 4.98 Å². The Bertz CT molecular complexity index is 4140. The third-order valence-corrected chi connectivity index (χ3v) is 14.0. The van der Waals surface area contributed by atoms with E-state index >= 15 is 0 Å². The van der Waals surface area contributed by atoms with Gasteiger partial charge in [-0.3, -0.25) is 4.57 Å². The molecule has 4 heterocycles. The highest BCUT2D eigenvalue weighted by Gasteiger charge is 2.38. The molecule has 1 aliphatic carbocycles. The van der Waals surface area contributed by atoms with Gasteiger partial charge < -0.3 is 8.98 Å². The van der Waals surface area contributed by atoms with Gasteiger partial charge in [0.1, 0.15) is 5.58 Å². The molecule has 0 saturated carbocycles. The molecule has 0 radical (unpaired) electrons. The predicted octanol–water partition coefficient (Wildman–Crippen LogP) is 15.3. The Labute approximate surface area is 379 Å². The highest BCUT2D eigenvalue weighted by molar-refractivity contribution is 6.24. The van der Waals surface area contributed by atoms with Gasteiger partial charge in [0, 0.05) is 48.9 Å². The highest BCUT2D eigenvalue weighted by Crippen LogP contribution is 2.52. The van der Waals surface area contributed by atoms with Crippen LogP contribution in [0.5, 0.6) is 0 Å². The number of aromatic nitrogens is 5. The summed E-state index contributed by atoms with van der Waals surface area (Å²) in [6, 6.07) is 71.1. The van der Waals surface area contributed by atoms with E-state index < -0.39 is 0 Å². The minimum Gasteiger partial charge on any atom is -0.454 e. The largest absolute Gasteiger partial charge is 0.454 e. The molecule has 13 aromatic rings. The van der Waals surface area contributed by atoms with Crippen LogP contribution in [0.3, 0.4) is 0 Å². The number of nitrogens with zero attached hydrogens (tertiary/aromatic N) is 5. The number of furan rings is 1. The van der Waals surface area contributed by atoms with Crippen molar-refractivity contribution >= 4 is 65.6 Å². The molecule has 0 unspecified atom stereocenters. The smallest absolute Gasteiger partial charge is 0.238 e. The molecule has 66 heavy (non-hydrogen) atoms. The summed E-state index contributed by atoms with van der Waals surface area (Å²) in [5, 5.41) is 6.62. The van der Waals surface area contributed by atoms with Gasteiger partial charge in [-0.2, -0.15) is 9.97 Å². The Balaban J connectivity index is 1.13. The molecule has 14 rings (SSSR count). The molecule has 6 heteroatoms. The van der Waals surface area contributed by atoms with Crippen molar-refractivity contribution in [2.24, 2.45) is 0 Å². The fourth-order valence-electron chi connectivity index (χ4n) is 11.1. The van der Waals surface area contributed by atoms with Crippen molar-refractivity contribution in [2.45, 2.75) is 19.3 Å². The van der Waals surface area contributed by atoms with Gasteiger partial charge in [-0.15, -0.1) is 0 Å². The lowest BCUT2D eigenvalue weighted by atomic mass is 9.80.